The van der Waals surface area contributed by atoms with Gasteiger partial charge < -0.3 is 15.4 Å². The molecule has 2 atom stereocenters. The maximum absolute atomic E-state index is 12.2. The second-order valence-corrected chi connectivity index (χ2v) is 5.98. The van der Waals surface area contributed by atoms with Crippen LogP contribution in [0.2, 0.25) is 0 Å². The molecule has 124 valence electrons. The largest absolute Gasteiger partial charge is 0.365 e. The zero-order valence-corrected chi connectivity index (χ0v) is 13.2. The molecule has 0 saturated carbocycles. The van der Waals surface area contributed by atoms with Crippen molar-refractivity contribution in [3.63, 3.8) is 0 Å². The van der Waals surface area contributed by atoms with Gasteiger partial charge in [0, 0.05) is 24.5 Å². The summed E-state index contributed by atoms with van der Waals surface area (Å²) in [7, 11) is 0. The lowest BCUT2D eigenvalue weighted by molar-refractivity contribution is -0.126. The van der Waals surface area contributed by atoms with Crippen LogP contribution in [-0.2, 0) is 14.3 Å². The summed E-state index contributed by atoms with van der Waals surface area (Å²) in [4.78, 5) is 30.3. The van der Waals surface area contributed by atoms with Crippen LogP contribution in [0.15, 0.2) is 18.3 Å². The average molecular weight is 318 g/mol. The normalized spacial score (nSPS) is 25.3. The summed E-state index contributed by atoms with van der Waals surface area (Å²) < 4.78 is 5.57. The monoisotopic (exact) mass is 318 g/mol. The number of amides is 2. The fourth-order valence-electron chi connectivity index (χ4n) is 2.88. The van der Waals surface area contributed by atoms with Crippen LogP contribution >= 0.6 is 0 Å². The second kappa shape index (κ2) is 7.06. The predicted octanol–water partition coefficient (Wildman–Crippen LogP) is 0.914. The minimum absolute atomic E-state index is 0.00794. The number of hydrogen-bond donors (Lipinski definition) is 2. The smallest absolute Gasteiger partial charge is 0.253 e. The van der Waals surface area contributed by atoms with E-state index in [1.54, 1.807) is 23.2 Å². The zero-order valence-electron chi connectivity index (χ0n) is 13.2. The lowest BCUT2D eigenvalue weighted by Crippen LogP contribution is -2.35. The molecule has 2 aliphatic heterocycles. The number of anilines is 2. The van der Waals surface area contributed by atoms with Gasteiger partial charge in [-0.15, -0.1) is 0 Å². The lowest BCUT2D eigenvalue weighted by atomic mass is 10.2. The molecule has 0 aliphatic carbocycles. The van der Waals surface area contributed by atoms with E-state index in [0.717, 1.165) is 25.8 Å². The third kappa shape index (κ3) is 3.86. The molecule has 0 spiro atoms. The van der Waals surface area contributed by atoms with Gasteiger partial charge in [-0.25, -0.2) is 4.98 Å². The minimum atomic E-state index is -0.398. The first kappa shape index (κ1) is 15.9. The van der Waals surface area contributed by atoms with Crippen molar-refractivity contribution >= 4 is 23.3 Å². The molecular weight excluding hydrogens is 296 g/mol. The molecule has 2 fully saturated rings. The van der Waals surface area contributed by atoms with Gasteiger partial charge in [0.25, 0.3) is 5.91 Å². The molecular formula is C16H22N4O3. The predicted molar refractivity (Wildman–Crippen MR) is 86.3 cm³/mol. The van der Waals surface area contributed by atoms with Gasteiger partial charge in [-0.05, 0) is 38.8 Å². The zero-order chi connectivity index (χ0) is 16.2. The van der Waals surface area contributed by atoms with E-state index in [4.69, 9.17) is 4.74 Å². The first-order valence-electron chi connectivity index (χ1n) is 8.07. The van der Waals surface area contributed by atoms with Crippen LogP contribution in [0, 0.1) is 0 Å². The molecule has 2 saturated heterocycles. The van der Waals surface area contributed by atoms with E-state index in [-0.39, 0.29) is 17.9 Å². The van der Waals surface area contributed by atoms with Crippen molar-refractivity contribution in [2.45, 2.75) is 38.4 Å². The Morgan fingerprint density at radius 3 is 3.13 bits per heavy atom. The molecule has 0 bridgehead atoms. The first-order chi connectivity index (χ1) is 11.1. The number of hydrogen-bond acceptors (Lipinski definition) is 5. The van der Waals surface area contributed by atoms with Gasteiger partial charge in [0.05, 0.1) is 12.6 Å². The Morgan fingerprint density at radius 2 is 2.35 bits per heavy atom. The number of nitrogens with zero attached hydrogens (tertiary/aromatic N) is 2. The molecule has 1 aromatic heterocycles. The molecule has 2 amide bonds. The minimum Gasteiger partial charge on any atom is -0.365 e. The summed E-state index contributed by atoms with van der Waals surface area (Å²) in [6.45, 7) is 3.72. The fourth-order valence-corrected chi connectivity index (χ4v) is 2.88. The maximum Gasteiger partial charge on any atom is 0.253 e. The molecule has 2 aliphatic rings. The molecule has 2 N–H and O–H groups in total. The highest BCUT2D eigenvalue weighted by Crippen LogP contribution is 2.22. The average Bonchev–Trinajstić information content (AvgIpc) is 2.86. The molecule has 1 aromatic rings. The Hall–Kier alpha value is -1.99. The number of carbonyl (C=O) groups is 2. The Bertz CT molecular complexity index is 592. The van der Waals surface area contributed by atoms with Gasteiger partial charge in [-0.3, -0.25) is 14.5 Å². The number of carbonyl (C=O) groups excluding carboxylic acids is 2. The summed E-state index contributed by atoms with van der Waals surface area (Å²) in [6.07, 6.45) is 3.84. The van der Waals surface area contributed by atoms with E-state index in [1.165, 1.54) is 0 Å². The Balaban J connectivity index is 1.69. The van der Waals surface area contributed by atoms with Crippen LogP contribution in [-0.4, -0.2) is 48.6 Å². The topological polar surface area (TPSA) is 83.6 Å². The first-order valence-corrected chi connectivity index (χ1v) is 8.07. The van der Waals surface area contributed by atoms with Gasteiger partial charge in [-0.1, -0.05) is 0 Å². The molecule has 7 nitrogen and oxygen atoms in total. The number of pyridine rings is 1. The highest BCUT2D eigenvalue weighted by Gasteiger charge is 2.28. The van der Waals surface area contributed by atoms with Crippen LogP contribution in [0.1, 0.15) is 26.2 Å². The molecule has 3 heterocycles. The number of ether oxygens (including phenoxy) is 1. The molecule has 0 aromatic carbocycles. The number of aromatic nitrogens is 1. The Kier molecular flexibility index (Phi) is 4.88. The number of rotatable bonds is 3. The summed E-state index contributed by atoms with van der Waals surface area (Å²) in [5, 5.41) is 5.94. The molecule has 0 radical (unpaired) electrons. The Labute approximate surface area is 135 Å². The van der Waals surface area contributed by atoms with Crippen molar-refractivity contribution in [3.05, 3.63) is 18.3 Å². The lowest BCUT2D eigenvalue weighted by Gasteiger charge is -2.20. The molecule has 7 heteroatoms. The van der Waals surface area contributed by atoms with Crippen LogP contribution in [0.25, 0.3) is 0 Å². The summed E-state index contributed by atoms with van der Waals surface area (Å²) in [6, 6.07) is 3.46. The van der Waals surface area contributed by atoms with Gasteiger partial charge in [0.1, 0.15) is 11.9 Å². The van der Waals surface area contributed by atoms with Crippen molar-refractivity contribution < 1.29 is 14.3 Å². The van der Waals surface area contributed by atoms with E-state index < -0.39 is 6.10 Å². The standard InChI is InChI=1S/C16H22N4O3/c1-11-3-4-13(23-11)16(22)19-12-5-7-18-14(9-12)20-8-2-6-17-10-15(20)21/h5,7,9,11,13,17H,2-4,6,8,10H2,1H3,(H,18,19,22). The van der Waals surface area contributed by atoms with Crippen LogP contribution in [0.5, 0.6) is 0 Å². The number of nitrogens with one attached hydrogen (secondary N) is 2. The summed E-state index contributed by atoms with van der Waals surface area (Å²) >= 11 is 0. The van der Waals surface area contributed by atoms with E-state index in [1.807, 2.05) is 6.92 Å². The van der Waals surface area contributed by atoms with Crippen molar-refractivity contribution in [1.82, 2.24) is 10.3 Å². The van der Waals surface area contributed by atoms with E-state index in [2.05, 4.69) is 15.6 Å². The van der Waals surface area contributed by atoms with Crippen molar-refractivity contribution in [1.29, 1.82) is 0 Å². The van der Waals surface area contributed by atoms with E-state index >= 15 is 0 Å². The molecule has 3 rings (SSSR count). The molecule has 23 heavy (non-hydrogen) atoms. The van der Waals surface area contributed by atoms with E-state index in [0.29, 0.717) is 24.6 Å². The van der Waals surface area contributed by atoms with Gasteiger partial charge in [-0.2, -0.15) is 0 Å². The SMILES string of the molecule is CC1CCC(C(=O)Nc2ccnc(N3CCCNCC3=O)c2)O1. The quantitative estimate of drug-likeness (QED) is 0.865. The van der Waals surface area contributed by atoms with Crippen molar-refractivity contribution in [2.24, 2.45) is 0 Å². The highest BCUT2D eigenvalue weighted by atomic mass is 16.5. The van der Waals surface area contributed by atoms with Gasteiger partial charge >= 0.3 is 0 Å². The van der Waals surface area contributed by atoms with Crippen molar-refractivity contribution in [3.8, 4) is 0 Å². The third-order valence-electron chi connectivity index (χ3n) is 4.13. The Morgan fingerprint density at radius 1 is 1.48 bits per heavy atom. The van der Waals surface area contributed by atoms with E-state index in [9.17, 15) is 9.59 Å². The third-order valence-corrected chi connectivity index (χ3v) is 4.13. The highest BCUT2D eigenvalue weighted by molar-refractivity contribution is 5.97. The summed E-state index contributed by atoms with van der Waals surface area (Å²) in [5.41, 5.74) is 0.633. The fraction of sp³-hybridized carbons (Fsp3) is 0.562. The van der Waals surface area contributed by atoms with Crippen molar-refractivity contribution in [2.75, 3.05) is 29.9 Å². The second-order valence-electron chi connectivity index (χ2n) is 5.98. The molecule has 2 unspecified atom stereocenters. The van der Waals surface area contributed by atoms with Crippen LogP contribution < -0.4 is 15.5 Å². The maximum atomic E-state index is 12.2. The summed E-state index contributed by atoms with van der Waals surface area (Å²) in [5.74, 6) is 0.416. The van der Waals surface area contributed by atoms with Crippen LogP contribution in [0.4, 0.5) is 11.5 Å². The van der Waals surface area contributed by atoms with Gasteiger partial charge in [0.15, 0.2) is 0 Å². The van der Waals surface area contributed by atoms with Gasteiger partial charge in [0.2, 0.25) is 5.91 Å². The van der Waals surface area contributed by atoms with Crippen LogP contribution in [0.3, 0.4) is 0 Å².